The second-order valence-corrected chi connectivity index (χ2v) is 23.2. The van der Waals surface area contributed by atoms with Gasteiger partial charge in [-0.05, 0) is 168 Å². The van der Waals surface area contributed by atoms with Crippen LogP contribution in [0.1, 0.15) is 25.0 Å². The maximum atomic E-state index is 2.66. The SMILES string of the molecule is CC1(C)c2ccccc2-c2c1cc1c3c2N(c2ccc(-c4ccccc4)cc2)c2ccc(-c4ccccc4)cc2B3N(c2ccc(-c3ccccc3)cc2)c2ccc(N(c3ccc(-c4ccccc4)cc3)c3ccc(-c4ccccc4)cc3)cc2-1. The summed E-state index contributed by atoms with van der Waals surface area (Å²) < 4.78 is 0. The Morgan fingerprint density at radius 2 is 0.706 bits per heavy atom. The minimum absolute atomic E-state index is 0.224. The zero-order valence-corrected chi connectivity index (χ0v) is 47.4. The van der Waals surface area contributed by atoms with E-state index in [4.69, 9.17) is 0 Å². The Morgan fingerprint density at radius 1 is 0.306 bits per heavy atom. The van der Waals surface area contributed by atoms with E-state index in [1.807, 2.05) is 0 Å². The molecule has 3 nitrogen and oxygen atoms in total. The van der Waals surface area contributed by atoms with Gasteiger partial charge in [-0.15, -0.1) is 0 Å². The molecule has 0 radical (unpaired) electrons. The average molecular weight is 1080 g/mol. The molecule has 2 heterocycles. The zero-order valence-electron chi connectivity index (χ0n) is 47.4. The van der Waals surface area contributed by atoms with E-state index in [0.717, 1.165) is 34.1 Å². The Labute approximate surface area is 498 Å². The molecule has 2 aliphatic heterocycles. The van der Waals surface area contributed by atoms with E-state index in [1.165, 1.54) is 111 Å². The first kappa shape index (κ1) is 50.1. The maximum Gasteiger partial charge on any atom is 0.333 e. The summed E-state index contributed by atoms with van der Waals surface area (Å²) in [6.45, 7) is 4.63. The Hall–Kier alpha value is -10.7. The Morgan fingerprint density at radius 3 is 1.21 bits per heavy atom. The third-order valence-electron chi connectivity index (χ3n) is 18.0. The van der Waals surface area contributed by atoms with Crippen LogP contribution >= 0.6 is 0 Å². The normalized spacial score (nSPS) is 13.1. The first-order valence-corrected chi connectivity index (χ1v) is 29.6. The standard InChI is InChI=1S/C81H58BN3/c1-81(2)73-31-19-18-30-70(73)78-74(81)54-72-71-53-69(83(65-41-32-60(33-42-65)55-20-8-3-9-21-55)66-43-34-61(35-44-66)56-22-10-4-11-23-56)49-51-76(71)85(68-47-38-63(39-48-68)58-26-14-6-15-27-58)82-75-52-64(59-28-16-7-17-29-59)40-50-77(75)84(80(78)79(72)82)67-45-36-62(37-46-67)57-24-12-5-13-25-57/h3-54H,1-2H3. The van der Waals surface area contributed by atoms with Crippen LogP contribution in [0.15, 0.2) is 315 Å². The van der Waals surface area contributed by atoms with Crippen molar-refractivity contribution in [1.82, 2.24) is 0 Å². The summed E-state index contributed by atoms with van der Waals surface area (Å²) in [7, 11) is 0. The van der Waals surface area contributed by atoms with Crippen LogP contribution in [0.25, 0.3) is 77.9 Å². The van der Waals surface area contributed by atoms with Crippen LogP contribution in [0, 0.1) is 0 Å². The number of hydrogen-bond acceptors (Lipinski definition) is 3. The largest absolute Gasteiger partial charge is 0.376 e. The van der Waals surface area contributed by atoms with E-state index >= 15 is 0 Å². The molecule has 1 aliphatic carbocycles. The van der Waals surface area contributed by atoms with Gasteiger partial charge in [-0.1, -0.05) is 250 Å². The van der Waals surface area contributed by atoms with Crippen molar-refractivity contribution >= 4 is 63.3 Å². The molecule has 0 saturated heterocycles. The zero-order chi connectivity index (χ0) is 56.6. The molecule has 400 valence electrons. The molecule has 0 unspecified atom stereocenters. The van der Waals surface area contributed by atoms with Crippen LogP contribution in [-0.2, 0) is 5.41 Å². The molecule has 85 heavy (non-hydrogen) atoms. The van der Waals surface area contributed by atoms with Gasteiger partial charge in [0.15, 0.2) is 0 Å². The smallest absolute Gasteiger partial charge is 0.333 e. The Balaban J connectivity index is 0.980. The summed E-state index contributed by atoms with van der Waals surface area (Å²) in [6, 6.07) is 117. The van der Waals surface area contributed by atoms with Gasteiger partial charge in [-0.2, -0.15) is 0 Å². The highest BCUT2D eigenvalue weighted by Gasteiger charge is 2.50. The van der Waals surface area contributed by atoms with Crippen molar-refractivity contribution in [2.75, 3.05) is 14.6 Å². The number of fused-ring (bicyclic) bond motifs is 8. The maximum absolute atomic E-state index is 2.66. The molecular weight excluding hydrogens is 1030 g/mol. The van der Waals surface area contributed by atoms with Crippen molar-refractivity contribution in [3.63, 3.8) is 0 Å². The van der Waals surface area contributed by atoms with Crippen molar-refractivity contribution in [2.24, 2.45) is 0 Å². The van der Waals surface area contributed by atoms with Crippen LogP contribution in [0.5, 0.6) is 0 Å². The predicted molar refractivity (Wildman–Crippen MR) is 360 cm³/mol. The molecule has 13 aromatic rings. The van der Waals surface area contributed by atoms with Crippen LogP contribution in [0.2, 0.25) is 0 Å². The van der Waals surface area contributed by atoms with E-state index in [-0.39, 0.29) is 12.3 Å². The van der Waals surface area contributed by atoms with Gasteiger partial charge in [0, 0.05) is 56.4 Å². The number of nitrogens with zero attached hydrogens (tertiary/aromatic N) is 3. The molecule has 0 bridgehead atoms. The van der Waals surface area contributed by atoms with Gasteiger partial charge in [-0.25, -0.2) is 0 Å². The van der Waals surface area contributed by atoms with Crippen molar-refractivity contribution in [2.45, 2.75) is 19.3 Å². The molecule has 0 fully saturated rings. The molecule has 0 N–H and O–H groups in total. The monoisotopic (exact) mass is 1080 g/mol. The lowest BCUT2D eigenvalue weighted by Crippen LogP contribution is -2.61. The van der Waals surface area contributed by atoms with Crippen molar-refractivity contribution in [3.8, 4) is 77.9 Å². The lowest BCUT2D eigenvalue weighted by molar-refractivity contribution is 0.660. The quantitative estimate of drug-likeness (QED) is 0.126. The summed E-state index contributed by atoms with van der Waals surface area (Å²) in [5.74, 6) is 0. The molecule has 3 aliphatic rings. The van der Waals surface area contributed by atoms with Crippen molar-refractivity contribution in [3.05, 3.63) is 327 Å². The molecule has 0 saturated carbocycles. The number of benzene rings is 13. The van der Waals surface area contributed by atoms with Gasteiger partial charge < -0.3 is 14.6 Å². The fraction of sp³-hybridized carbons (Fsp3) is 0.0370. The molecule has 0 atom stereocenters. The van der Waals surface area contributed by atoms with E-state index in [9.17, 15) is 0 Å². The van der Waals surface area contributed by atoms with Crippen molar-refractivity contribution < 1.29 is 0 Å². The second kappa shape index (κ2) is 20.3. The van der Waals surface area contributed by atoms with Gasteiger partial charge >= 0.3 is 6.85 Å². The van der Waals surface area contributed by atoms with Gasteiger partial charge in [-0.3, -0.25) is 0 Å². The van der Waals surface area contributed by atoms with Gasteiger partial charge in [0.05, 0.1) is 5.69 Å². The lowest BCUT2D eigenvalue weighted by atomic mass is 9.42. The Kier molecular flexibility index (Phi) is 12.0. The van der Waals surface area contributed by atoms with Gasteiger partial charge in [0.1, 0.15) is 0 Å². The molecule has 0 aromatic heterocycles. The van der Waals surface area contributed by atoms with E-state index in [1.54, 1.807) is 0 Å². The second-order valence-electron chi connectivity index (χ2n) is 23.2. The minimum Gasteiger partial charge on any atom is -0.376 e. The number of anilines is 8. The summed E-state index contributed by atoms with van der Waals surface area (Å²) in [6.07, 6.45) is 0. The molecule has 13 aromatic carbocycles. The van der Waals surface area contributed by atoms with Crippen LogP contribution < -0.4 is 25.5 Å². The topological polar surface area (TPSA) is 9.72 Å². The molecule has 0 amide bonds. The average Bonchev–Trinajstić information content (AvgIpc) is 1.70. The van der Waals surface area contributed by atoms with Crippen LogP contribution in [0.4, 0.5) is 45.5 Å². The highest BCUT2D eigenvalue weighted by atomic mass is 15.2. The van der Waals surface area contributed by atoms with Gasteiger partial charge in [0.25, 0.3) is 0 Å². The summed E-state index contributed by atoms with van der Waals surface area (Å²) >= 11 is 0. The Bertz CT molecular complexity index is 4540. The molecule has 4 heteroatoms. The van der Waals surface area contributed by atoms with E-state index in [2.05, 4.69) is 344 Å². The summed E-state index contributed by atoms with van der Waals surface area (Å²) in [4.78, 5) is 7.72. The van der Waals surface area contributed by atoms with E-state index in [0.29, 0.717) is 0 Å². The van der Waals surface area contributed by atoms with Crippen LogP contribution in [-0.4, -0.2) is 6.85 Å². The van der Waals surface area contributed by atoms with Crippen molar-refractivity contribution in [1.29, 1.82) is 0 Å². The molecule has 16 rings (SSSR count). The third-order valence-corrected chi connectivity index (χ3v) is 18.0. The van der Waals surface area contributed by atoms with Gasteiger partial charge in [0.2, 0.25) is 0 Å². The number of hydrogen-bond donors (Lipinski definition) is 0. The minimum atomic E-state index is -0.303. The van der Waals surface area contributed by atoms with Crippen LogP contribution in [0.3, 0.4) is 0 Å². The predicted octanol–water partition coefficient (Wildman–Crippen LogP) is 20.5. The fourth-order valence-corrected chi connectivity index (χ4v) is 13.9. The first-order valence-electron chi connectivity index (χ1n) is 29.6. The third kappa shape index (κ3) is 8.43. The molecular formula is C81H58BN3. The summed E-state index contributed by atoms with van der Waals surface area (Å²) in [5, 5.41) is 0. The molecule has 0 spiro atoms. The highest BCUT2D eigenvalue weighted by molar-refractivity contribution is 6.94. The first-order chi connectivity index (χ1) is 41.9. The highest BCUT2D eigenvalue weighted by Crippen LogP contribution is 2.58. The number of rotatable bonds is 10. The lowest BCUT2D eigenvalue weighted by Gasteiger charge is -2.47. The summed E-state index contributed by atoms with van der Waals surface area (Å²) in [5.41, 5.74) is 30.8. The van der Waals surface area contributed by atoms with E-state index < -0.39 is 0 Å². The fourth-order valence-electron chi connectivity index (χ4n) is 13.9.